The summed E-state index contributed by atoms with van der Waals surface area (Å²) in [5.41, 5.74) is 1.43. The zero-order chi connectivity index (χ0) is 10.1. The number of nitrogens with zero attached hydrogens (tertiary/aromatic N) is 3. The quantitative estimate of drug-likeness (QED) is 0.732. The minimum absolute atomic E-state index is 0.842. The lowest BCUT2D eigenvalue weighted by Gasteiger charge is -2.26. The van der Waals surface area contributed by atoms with Crippen LogP contribution in [0.1, 0.15) is 10.4 Å². The first-order chi connectivity index (χ1) is 7.43. The minimum atomic E-state index is 0.842. The van der Waals surface area contributed by atoms with Crippen LogP contribution < -0.4 is 4.90 Å². The van der Waals surface area contributed by atoms with E-state index in [1.165, 1.54) is 10.4 Å². The molecule has 0 fully saturated rings. The zero-order valence-electron chi connectivity index (χ0n) is 8.26. The Labute approximate surface area is 92.4 Å². The van der Waals surface area contributed by atoms with Crippen molar-refractivity contribution in [2.75, 3.05) is 11.4 Å². The molecule has 0 saturated carbocycles. The van der Waals surface area contributed by atoms with Gasteiger partial charge in [0.15, 0.2) is 0 Å². The molecule has 0 aromatic carbocycles. The highest BCUT2D eigenvalue weighted by Gasteiger charge is 2.18. The second kappa shape index (κ2) is 3.62. The average Bonchev–Trinajstić information content (AvgIpc) is 2.77. The van der Waals surface area contributed by atoms with Gasteiger partial charge in [0, 0.05) is 30.4 Å². The second-order valence-electron chi connectivity index (χ2n) is 3.59. The summed E-state index contributed by atoms with van der Waals surface area (Å²) < 4.78 is 0. The van der Waals surface area contributed by atoms with E-state index in [9.17, 15) is 0 Å². The van der Waals surface area contributed by atoms with Crippen molar-refractivity contribution in [1.29, 1.82) is 0 Å². The van der Waals surface area contributed by atoms with E-state index in [0.717, 1.165) is 25.5 Å². The summed E-state index contributed by atoms with van der Waals surface area (Å²) in [5, 5.41) is 2.17. The van der Waals surface area contributed by atoms with Gasteiger partial charge in [-0.05, 0) is 29.5 Å². The normalized spacial score (nSPS) is 15.1. The molecule has 0 atom stereocenters. The van der Waals surface area contributed by atoms with E-state index in [-0.39, 0.29) is 0 Å². The molecule has 1 aliphatic heterocycles. The molecule has 3 heterocycles. The van der Waals surface area contributed by atoms with E-state index in [2.05, 4.69) is 26.3 Å². The Hall–Kier alpha value is -1.42. The van der Waals surface area contributed by atoms with Crippen LogP contribution >= 0.6 is 11.3 Å². The van der Waals surface area contributed by atoms with Crippen LogP contribution in [0.15, 0.2) is 29.9 Å². The first-order valence-electron chi connectivity index (χ1n) is 5.01. The van der Waals surface area contributed by atoms with Crippen molar-refractivity contribution in [1.82, 2.24) is 9.97 Å². The maximum absolute atomic E-state index is 4.28. The molecule has 76 valence electrons. The van der Waals surface area contributed by atoms with Gasteiger partial charge in [-0.1, -0.05) is 0 Å². The SMILES string of the molecule is c1cnc(N2CCc3sccc3C2)nc1. The average molecular weight is 217 g/mol. The molecule has 15 heavy (non-hydrogen) atoms. The summed E-state index contributed by atoms with van der Waals surface area (Å²) in [7, 11) is 0. The maximum Gasteiger partial charge on any atom is 0.225 e. The van der Waals surface area contributed by atoms with Gasteiger partial charge < -0.3 is 4.90 Å². The predicted octanol–water partition coefficient (Wildman–Crippen LogP) is 2.10. The van der Waals surface area contributed by atoms with Crippen molar-refractivity contribution in [3.63, 3.8) is 0 Å². The minimum Gasteiger partial charge on any atom is -0.336 e. The van der Waals surface area contributed by atoms with Crippen molar-refractivity contribution in [3.8, 4) is 0 Å². The predicted molar refractivity (Wildman–Crippen MR) is 61.1 cm³/mol. The van der Waals surface area contributed by atoms with Crippen LogP contribution in [0.5, 0.6) is 0 Å². The van der Waals surface area contributed by atoms with Gasteiger partial charge in [-0.25, -0.2) is 9.97 Å². The summed E-state index contributed by atoms with van der Waals surface area (Å²) in [4.78, 5) is 12.3. The summed E-state index contributed by atoms with van der Waals surface area (Å²) >= 11 is 1.86. The standard InChI is InChI=1S/C11H11N3S/c1-4-12-11(13-5-1)14-6-2-10-9(8-14)3-7-15-10/h1,3-5,7H,2,6,8H2. The molecular formula is C11H11N3S. The van der Waals surface area contributed by atoms with E-state index in [1.807, 2.05) is 17.4 Å². The monoisotopic (exact) mass is 217 g/mol. The third-order valence-electron chi connectivity index (χ3n) is 2.64. The Bertz CT molecular complexity index is 452. The Morgan fingerprint density at radius 2 is 2.13 bits per heavy atom. The van der Waals surface area contributed by atoms with Crippen LogP contribution in [0.4, 0.5) is 5.95 Å². The topological polar surface area (TPSA) is 29.0 Å². The molecule has 3 nitrogen and oxygen atoms in total. The van der Waals surface area contributed by atoms with E-state index >= 15 is 0 Å². The highest BCUT2D eigenvalue weighted by Crippen LogP contribution is 2.25. The first-order valence-corrected chi connectivity index (χ1v) is 5.88. The summed E-state index contributed by atoms with van der Waals surface area (Å²) in [6.45, 7) is 1.97. The van der Waals surface area contributed by atoms with Gasteiger partial charge in [0.1, 0.15) is 0 Å². The largest absolute Gasteiger partial charge is 0.336 e. The fraction of sp³-hybridized carbons (Fsp3) is 0.273. The summed E-state index contributed by atoms with van der Waals surface area (Å²) in [6, 6.07) is 4.05. The van der Waals surface area contributed by atoms with Crippen molar-refractivity contribution < 1.29 is 0 Å². The number of hydrogen-bond donors (Lipinski definition) is 0. The first kappa shape index (κ1) is 8.85. The highest BCUT2D eigenvalue weighted by atomic mass is 32.1. The van der Waals surface area contributed by atoms with Crippen molar-refractivity contribution in [2.24, 2.45) is 0 Å². The molecule has 2 aromatic heterocycles. The van der Waals surface area contributed by atoms with E-state index in [1.54, 1.807) is 12.4 Å². The lowest BCUT2D eigenvalue weighted by Crippen LogP contribution is -2.30. The summed E-state index contributed by atoms with van der Waals surface area (Å²) in [5.74, 6) is 0.842. The van der Waals surface area contributed by atoms with Crippen molar-refractivity contribution in [2.45, 2.75) is 13.0 Å². The van der Waals surface area contributed by atoms with Gasteiger partial charge in [-0.3, -0.25) is 0 Å². The van der Waals surface area contributed by atoms with Gasteiger partial charge in [0.2, 0.25) is 5.95 Å². The van der Waals surface area contributed by atoms with Crippen LogP contribution in [0.2, 0.25) is 0 Å². The number of anilines is 1. The second-order valence-corrected chi connectivity index (χ2v) is 4.59. The zero-order valence-corrected chi connectivity index (χ0v) is 9.07. The molecular weight excluding hydrogens is 206 g/mol. The van der Waals surface area contributed by atoms with Crippen molar-refractivity contribution in [3.05, 3.63) is 40.3 Å². The summed E-state index contributed by atoms with van der Waals surface area (Å²) in [6.07, 6.45) is 4.71. The van der Waals surface area contributed by atoms with Gasteiger partial charge in [-0.2, -0.15) is 0 Å². The number of rotatable bonds is 1. The van der Waals surface area contributed by atoms with Gasteiger partial charge in [0.25, 0.3) is 0 Å². The smallest absolute Gasteiger partial charge is 0.225 e. The van der Waals surface area contributed by atoms with Gasteiger partial charge in [0.05, 0.1) is 0 Å². The van der Waals surface area contributed by atoms with Crippen LogP contribution in [0.25, 0.3) is 0 Å². The lowest BCUT2D eigenvalue weighted by atomic mass is 10.1. The lowest BCUT2D eigenvalue weighted by molar-refractivity contribution is 0.718. The fourth-order valence-electron chi connectivity index (χ4n) is 1.87. The van der Waals surface area contributed by atoms with Gasteiger partial charge in [-0.15, -0.1) is 11.3 Å². The van der Waals surface area contributed by atoms with Crippen molar-refractivity contribution >= 4 is 17.3 Å². The molecule has 3 rings (SSSR count). The number of thiophene rings is 1. The number of fused-ring (bicyclic) bond motifs is 1. The van der Waals surface area contributed by atoms with Crippen LogP contribution in [0.3, 0.4) is 0 Å². The van der Waals surface area contributed by atoms with Gasteiger partial charge >= 0.3 is 0 Å². The molecule has 0 bridgehead atoms. The molecule has 4 heteroatoms. The molecule has 0 unspecified atom stereocenters. The molecule has 0 amide bonds. The third-order valence-corrected chi connectivity index (χ3v) is 3.67. The molecule has 0 spiro atoms. The molecule has 0 aliphatic carbocycles. The fourth-order valence-corrected chi connectivity index (χ4v) is 2.76. The Morgan fingerprint density at radius 3 is 3.00 bits per heavy atom. The van der Waals surface area contributed by atoms with E-state index in [4.69, 9.17) is 0 Å². The highest BCUT2D eigenvalue weighted by molar-refractivity contribution is 7.10. The van der Waals surface area contributed by atoms with E-state index < -0.39 is 0 Å². The molecule has 0 saturated heterocycles. The molecule has 2 aromatic rings. The Kier molecular flexibility index (Phi) is 2.14. The Morgan fingerprint density at radius 1 is 1.27 bits per heavy atom. The molecule has 1 aliphatic rings. The van der Waals surface area contributed by atoms with Crippen LogP contribution in [-0.2, 0) is 13.0 Å². The molecule has 0 radical (unpaired) electrons. The number of aromatic nitrogens is 2. The molecule has 0 N–H and O–H groups in total. The Balaban J connectivity index is 1.88. The maximum atomic E-state index is 4.28. The van der Waals surface area contributed by atoms with Crippen LogP contribution in [0, 0.1) is 0 Å². The third kappa shape index (κ3) is 1.61. The number of hydrogen-bond acceptors (Lipinski definition) is 4. The van der Waals surface area contributed by atoms with E-state index in [0.29, 0.717) is 0 Å². The van der Waals surface area contributed by atoms with Crippen LogP contribution in [-0.4, -0.2) is 16.5 Å².